The van der Waals surface area contributed by atoms with E-state index in [0.29, 0.717) is 0 Å². The Morgan fingerprint density at radius 3 is 2.52 bits per heavy atom. The third-order valence-corrected chi connectivity index (χ3v) is 4.40. The van der Waals surface area contributed by atoms with E-state index in [1.807, 2.05) is 24.9 Å². The van der Waals surface area contributed by atoms with E-state index in [4.69, 9.17) is 0 Å². The number of nitrogens with zero attached hydrogens (tertiary/aromatic N) is 3. The molecule has 0 fully saturated rings. The molecule has 0 bridgehead atoms. The van der Waals surface area contributed by atoms with Gasteiger partial charge in [0, 0.05) is 41.8 Å². The summed E-state index contributed by atoms with van der Waals surface area (Å²) >= 11 is 0. The number of halogens is 2. The van der Waals surface area contributed by atoms with E-state index in [9.17, 15) is 8.78 Å². The standard InChI is InChI=1S/C19H18F2N4/c1-22-10-12-3-8-17-15(9-12)16-11-24(2)23-19(16)25(17)14-6-4-13(5-7-14)18(20)21/h3-9,11,18,22H,10H2,1-2H3. The van der Waals surface area contributed by atoms with Gasteiger partial charge < -0.3 is 5.32 Å². The normalized spacial score (nSPS) is 11.9. The van der Waals surface area contributed by atoms with Crippen LogP contribution in [-0.2, 0) is 13.6 Å². The summed E-state index contributed by atoms with van der Waals surface area (Å²) in [4.78, 5) is 0. The zero-order chi connectivity index (χ0) is 17.6. The second-order valence-electron chi connectivity index (χ2n) is 6.15. The number of rotatable bonds is 4. The van der Waals surface area contributed by atoms with Gasteiger partial charge in [-0.25, -0.2) is 8.78 Å². The van der Waals surface area contributed by atoms with Crippen LogP contribution < -0.4 is 5.32 Å². The first-order valence-corrected chi connectivity index (χ1v) is 8.08. The highest BCUT2D eigenvalue weighted by atomic mass is 19.3. The Morgan fingerprint density at radius 1 is 1.08 bits per heavy atom. The molecular weight excluding hydrogens is 322 g/mol. The third-order valence-electron chi connectivity index (χ3n) is 4.40. The molecule has 0 atom stereocenters. The molecule has 4 nitrogen and oxygen atoms in total. The molecule has 0 aliphatic rings. The van der Waals surface area contributed by atoms with Crippen molar-refractivity contribution in [2.24, 2.45) is 7.05 Å². The Bertz CT molecular complexity index is 1040. The first kappa shape index (κ1) is 15.8. The first-order valence-electron chi connectivity index (χ1n) is 8.08. The summed E-state index contributed by atoms with van der Waals surface area (Å²) < 4.78 is 29.5. The monoisotopic (exact) mass is 340 g/mol. The van der Waals surface area contributed by atoms with Crippen LogP contribution >= 0.6 is 0 Å². The molecule has 2 heterocycles. The summed E-state index contributed by atoms with van der Waals surface area (Å²) in [5.74, 6) is 0. The molecule has 0 saturated heterocycles. The van der Waals surface area contributed by atoms with E-state index < -0.39 is 6.43 Å². The van der Waals surface area contributed by atoms with Crippen LogP contribution in [-0.4, -0.2) is 21.4 Å². The maximum atomic E-state index is 12.8. The lowest BCUT2D eigenvalue weighted by molar-refractivity contribution is 0.151. The maximum Gasteiger partial charge on any atom is 0.263 e. The van der Waals surface area contributed by atoms with Crippen LogP contribution in [0.3, 0.4) is 0 Å². The van der Waals surface area contributed by atoms with Crippen molar-refractivity contribution >= 4 is 21.9 Å². The van der Waals surface area contributed by atoms with E-state index in [2.05, 4.69) is 28.6 Å². The molecule has 4 aromatic rings. The van der Waals surface area contributed by atoms with Gasteiger partial charge in [0.05, 0.1) is 5.52 Å². The molecule has 0 radical (unpaired) electrons. The number of fused-ring (bicyclic) bond motifs is 3. The van der Waals surface area contributed by atoms with Gasteiger partial charge in [-0.2, -0.15) is 5.10 Å². The Morgan fingerprint density at radius 2 is 1.84 bits per heavy atom. The maximum absolute atomic E-state index is 12.8. The van der Waals surface area contributed by atoms with Crippen molar-refractivity contribution in [2.45, 2.75) is 13.0 Å². The van der Waals surface area contributed by atoms with Crippen LogP contribution in [0.25, 0.3) is 27.6 Å². The molecule has 0 aliphatic carbocycles. The minimum absolute atomic E-state index is 0.0220. The lowest BCUT2D eigenvalue weighted by Gasteiger charge is -2.08. The molecule has 0 unspecified atom stereocenters. The first-order chi connectivity index (χ1) is 12.1. The predicted octanol–water partition coefficient (Wildman–Crippen LogP) is 4.17. The Balaban J connectivity index is 1.97. The molecule has 0 saturated carbocycles. The van der Waals surface area contributed by atoms with E-state index in [-0.39, 0.29) is 5.56 Å². The van der Waals surface area contributed by atoms with Crippen molar-refractivity contribution in [3.8, 4) is 5.69 Å². The Hall–Kier alpha value is -2.73. The number of nitrogens with one attached hydrogen (secondary N) is 1. The number of benzene rings is 2. The van der Waals surface area contributed by atoms with Gasteiger partial charge >= 0.3 is 0 Å². The van der Waals surface area contributed by atoms with E-state index in [1.165, 1.54) is 17.7 Å². The highest BCUT2D eigenvalue weighted by molar-refractivity contribution is 6.08. The zero-order valence-electron chi connectivity index (χ0n) is 14.0. The molecule has 0 aliphatic heterocycles. The number of alkyl halides is 2. The van der Waals surface area contributed by atoms with Crippen LogP contribution in [0.1, 0.15) is 17.6 Å². The third kappa shape index (κ3) is 2.59. The van der Waals surface area contributed by atoms with E-state index in [1.54, 1.807) is 16.8 Å². The van der Waals surface area contributed by atoms with Crippen molar-refractivity contribution in [2.75, 3.05) is 7.05 Å². The fourth-order valence-electron chi connectivity index (χ4n) is 3.28. The lowest BCUT2D eigenvalue weighted by atomic mass is 10.1. The van der Waals surface area contributed by atoms with Gasteiger partial charge in [-0.1, -0.05) is 18.2 Å². The summed E-state index contributed by atoms with van der Waals surface area (Å²) in [5, 5.41) is 9.89. The van der Waals surface area contributed by atoms with Gasteiger partial charge in [0.25, 0.3) is 6.43 Å². The molecule has 25 heavy (non-hydrogen) atoms. The number of aromatic nitrogens is 3. The topological polar surface area (TPSA) is 34.8 Å². The van der Waals surface area contributed by atoms with E-state index in [0.717, 1.165) is 34.2 Å². The largest absolute Gasteiger partial charge is 0.316 e. The fraction of sp³-hybridized carbons (Fsp3) is 0.211. The fourth-order valence-corrected chi connectivity index (χ4v) is 3.28. The number of aryl methyl sites for hydroxylation is 1. The molecule has 2 aromatic heterocycles. The highest BCUT2D eigenvalue weighted by Crippen LogP contribution is 2.32. The highest BCUT2D eigenvalue weighted by Gasteiger charge is 2.16. The van der Waals surface area contributed by atoms with Crippen molar-refractivity contribution in [3.63, 3.8) is 0 Å². The SMILES string of the molecule is CNCc1ccc2c(c1)c1cn(C)nc1n2-c1ccc(C(F)F)cc1. The molecular formula is C19H18F2N4. The summed E-state index contributed by atoms with van der Waals surface area (Å²) in [5.41, 5.74) is 3.87. The van der Waals surface area contributed by atoms with Crippen LogP contribution in [0.5, 0.6) is 0 Å². The molecule has 2 aromatic carbocycles. The van der Waals surface area contributed by atoms with Crippen molar-refractivity contribution in [1.29, 1.82) is 0 Å². The summed E-state index contributed by atoms with van der Waals surface area (Å²) in [6.45, 7) is 0.784. The van der Waals surface area contributed by atoms with Crippen LogP contribution in [0.2, 0.25) is 0 Å². The Labute approximate surface area is 143 Å². The second kappa shape index (κ2) is 5.97. The average Bonchev–Trinajstić information content (AvgIpc) is 3.10. The number of hydrogen-bond donors (Lipinski definition) is 1. The van der Waals surface area contributed by atoms with Crippen molar-refractivity contribution < 1.29 is 8.78 Å². The second-order valence-corrected chi connectivity index (χ2v) is 6.15. The molecule has 6 heteroatoms. The quantitative estimate of drug-likeness (QED) is 0.605. The molecule has 1 N–H and O–H groups in total. The summed E-state index contributed by atoms with van der Waals surface area (Å²) in [7, 11) is 3.80. The van der Waals surface area contributed by atoms with Crippen LogP contribution in [0, 0.1) is 0 Å². The van der Waals surface area contributed by atoms with Crippen molar-refractivity contribution in [1.82, 2.24) is 19.7 Å². The summed E-state index contributed by atoms with van der Waals surface area (Å²) in [6.07, 6.45) is -0.473. The number of hydrogen-bond acceptors (Lipinski definition) is 2. The van der Waals surface area contributed by atoms with Gasteiger partial charge in [-0.05, 0) is 36.9 Å². The minimum Gasteiger partial charge on any atom is -0.316 e. The van der Waals surface area contributed by atoms with Gasteiger partial charge in [-0.3, -0.25) is 9.25 Å². The molecule has 4 rings (SSSR count). The van der Waals surface area contributed by atoms with Gasteiger partial charge in [0.15, 0.2) is 5.65 Å². The van der Waals surface area contributed by atoms with Crippen LogP contribution in [0.15, 0.2) is 48.7 Å². The van der Waals surface area contributed by atoms with E-state index >= 15 is 0 Å². The zero-order valence-corrected chi connectivity index (χ0v) is 14.0. The molecule has 128 valence electrons. The summed E-state index contributed by atoms with van der Waals surface area (Å²) in [6, 6.07) is 12.7. The van der Waals surface area contributed by atoms with Crippen LogP contribution in [0.4, 0.5) is 8.78 Å². The van der Waals surface area contributed by atoms with Crippen molar-refractivity contribution in [3.05, 3.63) is 59.8 Å². The Kier molecular flexibility index (Phi) is 3.77. The van der Waals surface area contributed by atoms with Gasteiger partial charge in [0.2, 0.25) is 0 Å². The van der Waals surface area contributed by atoms with Gasteiger partial charge in [0.1, 0.15) is 0 Å². The average molecular weight is 340 g/mol. The molecule has 0 spiro atoms. The minimum atomic E-state index is -2.46. The molecule has 0 amide bonds. The van der Waals surface area contributed by atoms with Gasteiger partial charge in [-0.15, -0.1) is 0 Å². The lowest BCUT2D eigenvalue weighted by Crippen LogP contribution is -2.04. The smallest absolute Gasteiger partial charge is 0.263 e. The predicted molar refractivity (Wildman–Crippen MR) is 95.3 cm³/mol.